The van der Waals surface area contributed by atoms with Crippen LogP contribution in [0.25, 0.3) is 0 Å². The number of hydrogen-bond donors (Lipinski definition) is 3. The number of nitrogens with one attached hydrogen (secondary N) is 1. The normalized spacial score (nSPS) is 12.6. The van der Waals surface area contributed by atoms with E-state index in [1.807, 2.05) is 0 Å². The van der Waals surface area contributed by atoms with Crippen LogP contribution >= 0.6 is 0 Å². The number of carbonyl (C=O) groups is 2. The van der Waals surface area contributed by atoms with Crippen LogP contribution < -0.4 is 5.32 Å². The Labute approximate surface area is 387 Å². The molecule has 0 saturated carbocycles. The van der Waals surface area contributed by atoms with Crippen molar-refractivity contribution in [1.82, 2.24) is 5.32 Å². The highest BCUT2D eigenvalue weighted by Gasteiger charge is 2.20. The molecule has 0 aliphatic carbocycles. The third kappa shape index (κ3) is 48.1. The third-order valence-corrected chi connectivity index (χ3v) is 13.1. The lowest BCUT2D eigenvalue weighted by Crippen LogP contribution is -2.45. The van der Waals surface area contributed by atoms with Crippen molar-refractivity contribution in [3.05, 3.63) is 12.2 Å². The zero-order chi connectivity index (χ0) is 45.1. The fraction of sp³-hybridized carbons (Fsp3) is 0.929. The summed E-state index contributed by atoms with van der Waals surface area (Å²) >= 11 is 0. The van der Waals surface area contributed by atoms with Crippen molar-refractivity contribution >= 4 is 11.9 Å². The first-order chi connectivity index (χ1) is 30.5. The second kappa shape index (κ2) is 52.2. The van der Waals surface area contributed by atoms with Crippen molar-refractivity contribution in [2.24, 2.45) is 0 Å². The summed E-state index contributed by atoms with van der Waals surface area (Å²) in [7, 11) is 0. The fourth-order valence-corrected chi connectivity index (χ4v) is 8.75. The van der Waals surface area contributed by atoms with Crippen molar-refractivity contribution in [3.63, 3.8) is 0 Å². The first-order valence-corrected chi connectivity index (χ1v) is 27.9. The molecule has 0 aromatic heterocycles. The van der Waals surface area contributed by atoms with Crippen LogP contribution in [0.3, 0.4) is 0 Å². The number of aliphatic hydroxyl groups is 2. The molecule has 0 saturated heterocycles. The average molecular weight is 876 g/mol. The molecule has 0 spiro atoms. The van der Waals surface area contributed by atoms with Gasteiger partial charge < -0.3 is 20.3 Å². The maximum Gasteiger partial charge on any atom is 0.305 e. The summed E-state index contributed by atoms with van der Waals surface area (Å²) in [6.07, 6.45) is 60.5. The van der Waals surface area contributed by atoms with E-state index >= 15 is 0 Å². The predicted octanol–water partition coefficient (Wildman–Crippen LogP) is 16.9. The molecule has 0 aliphatic heterocycles. The number of allylic oxidation sites excluding steroid dienone is 2. The highest BCUT2D eigenvalue weighted by Crippen LogP contribution is 2.17. The molecular weight excluding hydrogens is 767 g/mol. The van der Waals surface area contributed by atoms with Gasteiger partial charge in [-0.1, -0.05) is 257 Å². The van der Waals surface area contributed by atoms with Crippen LogP contribution in [0.2, 0.25) is 0 Å². The van der Waals surface area contributed by atoms with Gasteiger partial charge in [-0.3, -0.25) is 9.59 Å². The van der Waals surface area contributed by atoms with E-state index < -0.39 is 12.1 Å². The van der Waals surface area contributed by atoms with Gasteiger partial charge in [0.25, 0.3) is 0 Å². The highest BCUT2D eigenvalue weighted by atomic mass is 16.5. The van der Waals surface area contributed by atoms with Gasteiger partial charge in [0, 0.05) is 12.8 Å². The predicted molar refractivity (Wildman–Crippen MR) is 269 cm³/mol. The molecule has 0 radical (unpaired) electrons. The number of ether oxygens (including phenoxy) is 1. The zero-order valence-corrected chi connectivity index (χ0v) is 41.9. The van der Waals surface area contributed by atoms with E-state index in [0.717, 1.165) is 70.6 Å². The molecule has 0 aromatic carbocycles. The van der Waals surface area contributed by atoms with Gasteiger partial charge in [0.2, 0.25) is 5.91 Å². The third-order valence-electron chi connectivity index (χ3n) is 13.1. The van der Waals surface area contributed by atoms with Crippen LogP contribution in [-0.2, 0) is 14.3 Å². The van der Waals surface area contributed by atoms with Gasteiger partial charge in [-0.05, 0) is 51.4 Å². The number of hydrogen-bond acceptors (Lipinski definition) is 5. The summed E-state index contributed by atoms with van der Waals surface area (Å²) in [6.45, 7) is 4.93. The first kappa shape index (κ1) is 60.6. The number of aliphatic hydroxyl groups excluding tert-OH is 2. The quantitative estimate of drug-likeness (QED) is 0.0321. The van der Waals surface area contributed by atoms with Crippen LogP contribution in [0, 0.1) is 0 Å². The Hall–Kier alpha value is -1.40. The Morgan fingerprint density at radius 2 is 0.758 bits per heavy atom. The Balaban J connectivity index is 3.48. The largest absolute Gasteiger partial charge is 0.466 e. The minimum atomic E-state index is -0.680. The topological polar surface area (TPSA) is 95.9 Å². The van der Waals surface area contributed by atoms with Crippen LogP contribution in [0.5, 0.6) is 0 Å². The lowest BCUT2D eigenvalue weighted by Gasteiger charge is -2.22. The lowest BCUT2D eigenvalue weighted by atomic mass is 10.0. The highest BCUT2D eigenvalue weighted by molar-refractivity contribution is 5.76. The van der Waals surface area contributed by atoms with E-state index in [2.05, 4.69) is 31.3 Å². The molecule has 6 heteroatoms. The standard InChI is InChI=1S/C56H109NO5/c1-3-5-7-9-11-13-15-17-19-20-22-24-28-32-36-40-44-48-54(59)53(52-58)57-55(60)49-45-41-37-33-29-25-23-27-31-35-39-43-47-51-62-56(61)50-46-42-38-34-30-26-21-18-16-14-12-10-8-6-4-2/h25,29,53-54,58-59H,3-24,26-28,30-52H2,1-2H3,(H,57,60)/b29-25-. The second-order valence-electron chi connectivity index (χ2n) is 19.3. The molecule has 62 heavy (non-hydrogen) atoms. The minimum Gasteiger partial charge on any atom is -0.466 e. The number of carbonyl (C=O) groups excluding carboxylic acids is 2. The van der Waals surface area contributed by atoms with E-state index in [0.29, 0.717) is 25.9 Å². The summed E-state index contributed by atoms with van der Waals surface area (Å²) in [5.74, 6) is -0.0714. The molecule has 3 N–H and O–H groups in total. The van der Waals surface area contributed by atoms with Crippen molar-refractivity contribution in [2.75, 3.05) is 13.2 Å². The van der Waals surface area contributed by atoms with Gasteiger partial charge in [0.15, 0.2) is 0 Å². The molecule has 368 valence electrons. The van der Waals surface area contributed by atoms with E-state index in [4.69, 9.17) is 4.74 Å². The van der Waals surface area contributed by atoms with Gasteiger partial charge in [0.1, 0.15) is 0 Å². The summed E-state index contributed by atoms with van der Waals surface area (Å²) in [5, 5.41) is 23.3. The van der Waals surface area contributed by atoms with Gasteiger partial charge in [-0.2, -0.15) is 0 Å². The summed E-state index contributed by atoms with van der Waals surface area (Å²) in [4.78, 5) is 24.5. The number of amides is 1. The summed E-state index contributed by atoms with van der Waals surface area (Å²) in [5.41, 5.74) is 0. The Bertz CT molecular complexity index is 924. The molecule has 6 nitrogen and oxygen atoms in total. The average Bonchev–Trinajstić information content (AvgIpc) is 3.27. The number of unbranched alkanes of at least 4 members (excludes halogenated alkanes) is 39. The van der Waals surface area contributed by atoms with Gasteiger partial charge in [0.05, 0.1) is 25.4 Å². The van der Waals surface area contributed by atoms with Gasteiger partial charge in [-0.25, -0.2) is 0 Å². The molecule has 0 heterocycles. The molecule has 0 fully saturated rings. The van der Waals surface area contributed by atoms with Crippen LogP contribution in [0.4, 0.5) is 0 Å². The van der Waals surface area contributed by atoms with Crippen LogP contribution in [0.1, 0.15) is 309 Å². The molecule has 2 atom stereocenters. The first-order valence-electron chi connectivity index (χ1n) is 27.9. The molecule has 0 rings (SSSR count). The molecular formula is C56H109NO5. The Morgan fingerprint density at radius 1 is 0.435 bits per heavy atom. The molecule has 0 aromatic rings. The Kier molecular flexibility index (Phi) is 51.0. The van der Waals surface area contributed by atoms with Gasteiger partial charge >= 0.3 is 5.97 Å². The van der Waals surface area contributed by atoms with Crippen molar-refractivity contribution < 1.29 is 24.5 Å². The monoisotopic (exact) mass is 876 g/mol. The van der Waals surface area contributed by atoms with E-state index in [-0.39, 0.29) is 18.5 Å². The van der Waals surface area contributed by atoms with Crippen LogP contribution in [0.15, 0.2) is 12.2 Å². The molecule has 1 amide bonds. The molecule has 0 aliphatic rings. The van der Waals surface area contributed by atoms with Crippen LogP contribution in [-0.4, -0.2) is 47.4 Å². The SMILES string of the molecule is CCCCCCCCCCCCCCCCCCCC(O)C(CO)NC(=O)CCCCC/C=C\CCCCCCCCOC(=O)CCCCCCCCCCCCCCCCC. The smallest absolute Gasteiger partial charge is 0.305 e. The van der Waals surface area contributed by atoms with E-state index in [9.17, 15) is 19.8 Å². The van der Waals surface area contributed by atoms with Crippen molar-refractivity contribution in [3.8, 4) is 0 Å². The van der Waals surface area contributed by atoms with Crippen molar-refractivity contribution in [2.45, 2.75) is 321 Å². The van der Waals surface area contributed by atoms with Crippen molar-refractivity contribution in [1.29, 1.82) is 0 Å². The second-order valence-corrected chi connectivity index (χ2v) is 19.3. The summed E-state index contributed by atoms with van der Waals surface area (Å²) < 4.78 is 5.47. The van der Waals surface area contributed by atoms with E-state index in [1.165, 1.54) is 205 Å². The molecule has 0 bridgehead atoms. The fourth-order valence-electron chi connectivity index (χ4n) is 8.75. The van der Waals surface area contributed by atoms with E-state index in [1.54, 1.807) is 0 Å². The number of rotatable bonds is 52. The minimum absolute atomic E-state index is 0.00906. The maximum atomic E-state index is 12.5. The zero-order valence-electron chi connectivity index (χ0n) is 41.9. The molecule has 2 unspecified atom stereocenters. The van der Waals surface area contributed by atoms with Gasteiger partial charge in [-0.15, -0.1) is 0 Å². The Morgan fingerprint density at radius 3 is 1.16 bits per heavy atom. The maximum absolute atomic E-state index is 12.5. The summed E-state index contributed by atoms with van der Waals surface area (Å²) in [6, 6.07) is -0.561. The number of esters is 1. The lowest BCUT2D eigenvalue weighted by molar-refractivity contribution is -0.143.